The van der Waals surface area contributed by atoms with Crippen LogP contribution in [0.25, 0.3) is 0 Å². The Kier molecular flexibility index (Phi) is 5.05. The van der Waals surface area contributed by atoms with E-state index in [9.17, 15) is 4.79 Å². The van der Waals surface area contributed by atoms with E-state index in [1.165, 1.54) is 11.1 Å². The van der Waals surface area contributed by atoms with Gasteiger partial charge in [0, 0.05) is 33.1 Å². The Labute approximate surface area is 165 Å². The Balaban J connectivity index is 1.73. The van der Waals surface area contributed by atoms with Crippen LogP contribution in [-0.2, 0) is 11.3 Å². The van der Waals surface area contributed by atoms with Gasteiger partial charge < -0.3 is 20.7 Å². The maximum absolute atomic E-state index is 12.3. The molecule has 0 bridgehead atoms. The van der Waals surface area contributed by atoms with Gasteiger partial charge >= 0.3 is 0 Å². The van der Waals surface area contributed by atoms with Gasteiger partial charge in [0.25, 0.3) is 5.91 Å². The zero-order valence-electron chi connectivity index (χ0n) is 16.3. The summed E-state index contributed by atoms with van der Waals surface area (Å²) < 4.78 is 5.60. The normalized spacial score (nSPS) is 18.9. The number of rotatable bonds is 3. The van der Waals surface area contributed by atoms with E-state index in [0.29, 0.717) is 25.3 Å². The maximum atomic E-state index is 12.3. The Morgan fingerprint density at radius 1 is 1.21 bits per heavy atom. The second kappa shape index (κ2) is 7.64. The molecule has 6 nitrogen and oxygen atoms in total. The van der Waals surface area contributed by atoms with Crippen molar-refractivity contribution in [1.82, 2.24) is 5.32 Å². The lowest BCUT2D eigenvalue weighted by atomic mass is 9.85. The molecule has 1 amide bonds. The molecule has 2 aliphatic rings. The van der Waals surface area contributed by atoms with Crippen LogP contribution in [0.15, 0.2) is 47.5 Å². The molecule has 2 aliphatic heterocycles. The van der Waals surface area contributed by atoms with E-state index in [1.807, 2.05) is 18.2 Å². The van der Waals surface area contributed by atoms with Crippen LogP contribution in [0.4, 0.5) is 11.4 Å². The van der Waals surface area contributed by atoms with E-state index in [0.717, 1.165) is 30.1 Å². The minimum absolute atomic E-state index is 0.118. The predicted octanol–water partition coefficient (Wildman–Crippen LogP) is 3.34. The van der Waals surface area contributed by atoms with Crippen molar-refractivity contribution >= 4 is 23.1 Å². The average Bonchev–Trinajstić information content (AvgIpc) is 2.72. The summed E-state index contributed by atoms with van der Waals surface area (Å²) in [6, 6.07) is 14.1. The van der Waals surface area contributed by atoms with E-state index in [2.05, 4.69) is 47.1 Å². The van der Waals surface area contributed by atoms with E-state index in [1.54, 1.807) is 7.05 Å². The molecule has 6 heteroatoms. The van der Waals surface area contributed by atoms with Gasteiger partial charge in [0.1, 0.15) is 5.84 Å². The Hall–Kier alpha value is -2.86. The third kappa shape index (κ3) is 3.47. The number of fused-ring (bicyclic) bond motifs is 1. The van der Waals surface area contributed by atoms with E-state index in [4.69, 9.17) is 9.73 Å². The van der Waals surface area contributed by atoms with Crippen molar-refractivity contribution in [3.63, 3.8) is 0 Å². The topological polar surface area (TPSA) is 74.8 Å². The number of para-hydroxylation sites is 1. The fourth-order valence-corrected chi connectivity index (χ4v) is 3.92. The van der Waals surface area contributed by atoms with Gasteiger partial charge in [-0.25, -0.2) is 0 Å². The van der Waals surface area contributed by atoms with Crippen molar-refractivity contribution in [1.29, 1.82) is 0 Å². The van der Waals surface area contributed by atoms with E-state index >= 15 is 0 Å². The van der Waals surface area contributed by atoms with Crippen LogP contribution < -0.4 is 16.0 Å². The summed E-state index contributed by atoms with van der Waals surface area (Å²) in [5, 5.41) is 9.89. The lowest BCUT2D eigenvalue weighted by Gasteiger charge is -2.44. The molecule has 0 unspecified atom stereocenters. The molecule has 2 aromatic rings. The first-order chi connectivity index (χ1) is 13.6. The van der Waals surface area contributed by atoms with Gasteiger partial charge in [-0.15, -0.1) is 0 Å². The largest absolute Gasteiger partial charge is 0.381 e. The second-order valence-corrected chi connectivity index (χ2v) is 7.41. The van der Waals surface area contributed by atoms with Crippen molar-refractivity contribution in [2.24, 2.45) is 4.99 Å². The molecule has 0 saturated carbocycles. The van der Waals surface area contributed by atoms with Crippen LogP contribution in [0.3, 0.4) is 0 Å². The number of nitrogens with zero attached hydrogens (tertiary/aromatic N) is 1. The molecule has 2 aromatic carbocycles. The molecule has 146 valence electrons. The second-order valence-electron chi connectivity index (χ2n) is 7.41. The summed E-state index contributed by atoms with van der Waals surface area (Å²) in [6.45, 7) is 4.04. The molecular formula is C22H26N4O2. The highest BCUT2D eigenvalue weighted by Gasteiger charge is 2.42. The highest BCUT2D eigenvalue weighted by atomic mass is 16.5. The summed E-state index contributed by atoms with van der Waals surface area (Å²) in [5.74, 6) is 0.758. The van der Waals surface area contributed by atoms with Crippen LogP contribution in [0.5, 0.6) is 0 Å². The van der Waals surface area contributed by atoms with E-state index in [-0.39, 0.29) is 11.4 Å². The fraction of sp³-hybridized carbons (Fsp3) is 0.364. The standard InChI is InChI=1S/C22H26N4O2/c1-15-5-3-6-16(13-15)14-24-21-22(9-11-28-12-10-22)26-18-8-4-7-17(19(18)25-21)20(27)23-2/h3-8,13,26H,9-12,14H2,1-2H3,(H,23,27)(H,24,25). The zero-order valence-corrected chi connectivity index (χ0v) is 16.3. The average molecular weight is 378 g/mol. The number of anilines is 2. The van der Waals surface area contributed by atoms with Crippen molar-refractivity contribution < 1.29 is 9.53 Å². The minimum Gasteiger partial charge on any atom is -0.381 e. The van der Waals surface area contributed by atoms with Gasteiger partial charge in [0.05, 0.1) is 29.0 Å². The summed E-state index contributed by atoms with van der Waals surface area (Å²) in [4.78, 5) is 17.3. The Morgan fingerprint density at radius 2 is 2.00 bits per heavy atom. The zero-order chi connectivity index (χ0) is 19.6. The number of carbonyl (C=O) groups excluding carboxylic acids is 1. The lowest BCUT2D eigenvalue weighted by molar-refractivity contribution is 0.0778. The molecular weight excluding hydrogens is 352 g/mol. The van der Waals surface area contributed by atoms with Crippen molar-refractivity contribution in [3.05, 3.63) is 59.2 Å². The van der Waals surface area contributed by atoms with Gasteiger partial charge in [-0.2, -0.15) is 0 Å². The molecule has 0 aliphatic carbocycles. The maximum Gasteiger partial charge on any atom is 0.253 e. The highest BCUT2D eigenvalue weighted by Crippen LogP contribution is 2.38. The summed E-state index contributed by atoms with van der Waals surface area (Å²) in [6.07, 6.45) is 1.66. The Morgan fingerprint density at radius 3 is 2.75 bits per heavy atom. The van der Waals surface area contributed by atoms with Gasteiger partial charge in [0.15, 0.2) is 0 Å². The summed E-state index contributed by atoms with van der Waals surface area (Å²) >= 11 is 0. The molecule has 0 atom stereocenters. The monoisotopic (exact) mass is 378 g/mol. The lowest BCUT2D eigenvalue weighted by Crippen LogP contribution is -2.56. The number of ether oxygens (including phenoxy) is 1. The van der Waals surface area contributed by atoms with Crippen LogP contribution in [0, 0.1) is 6.92 Å². The molecule has 28 heavy (non-hydrogen) atoms. The third-order valence-electron chi connectivity index (χ3n) is 5.46. The molecule has 1 spiro atoms. The molecule has 0 radical (unpaired) electrons. The van der Waals surface area contributed by atoms with Gasteiger partial charge in [0.2, 0.25) is 0 Å². The number of amidine groups is 1. The smallest absolute Gasteiger partial charge is 0.253 e. The van der Waals surface area contributed by atoms with Crippen molar-refractivity contribution in [3.8, 4) is 0 Å². The molecule has 1 saturated heterocycles. The van der Waals surface area contributed by atoms with E-state index < -0.39 is 0 Å². The minimum atomic E-state index is -0.295. The van der Waals surface area contributed by atoms with Crippen LogP contribution in [-0.4, -0.2) is 37.5 Å². The third-order valence-corrected chi connectivity index (χ3v) is 5.46. The van der Waals surface area contributed by atoms with Crippen LogP contribution >= 0.6 is 0 Å². The summed E-state index contributed by atoms with van der Waals surface area (Å²) in [5.41, 5.74) is 4.41. The molecule has 3 N–H and O–H groups in total. The number of hydrogen-bond acceptors (Lipinski definition) is 4. The quantitative estimate of drug-likeness (QED) is 0.766. The first-order valence-corrected chi connectivity index (χ1v) is 9.70. The van der Waals surface area contributed by atoms with Crippen molar-refractivity contribution in [2.45, 2.75) is 31.8 Å². The molecule has 2 heterocycles. The van der Waals surface area contributed by atoms with Gasteiger partial charge in [-0.1, -0.05) is 35.9 Å². The number of aliphatic imine (C=N–C) groups is 1. The predicted molar refractivity (Wildman–Crippen MR) is 112 cm³/mol. The number of amides is 1. The van der Waals surface area contributed by atoms with Gasteiger partial charge in [-0.05, 0) is 24.6 Å². The first kappa shape index (κ1) is 18.5. The number of hydrogen-bond donors (Lipinski definition) is 3. The molecule has 0 aromatic heterocycles. The molecule has 4 rings (SSSR count). The van der Waals surface area contributed by atoms with Crippen LogP contribution in [0.1, 0.15) is 34.3 Å². The van der Waals surface area contributed by atoms with Crippen LogP contribution in [0.2, 0.25) is 0 Å². The summed E-state index contributed by atoms with van der Waals surface area (Å²) in [7, 11) is 1.64. The number of aryl methyl sites for hydroxylation is 1. The van der Waals surface area contributed by atoms with Crippen molar-refractivity contribution in [2.75, 3.05) is 30.9 Å². The van der Waals surface area contributed by atoms with Gasteiger partial charge in [-0.3, -0.25) is 9.79 Å². The SMILES string of the molecule is CNC(=O)c1cccc2c1NC(=NCc1cccc(C)c1)C1(CCOCC1)N2. The number of benzene rings is 2. The number of carbonyl (C=O) groups is 1. The fourth-order valence-electron chi connectivity index (χ4n) is 3.92. The Bertz CT molecular complexity index is 917. The first-order valence-electron chi connectivity index (χ1n) is 9.70. The molecule has 1 fully saturated rings. The number of nitrogens with one attached hydrogen (secondary N) is 3. The highest BCUT2D eigenvalue weighted by molar-refractivity contribution is 6.14.